The Hall–Kier alpha value is -3.21. The SMILES string of the molecule is Cc1cc(=O)[nH]c(-c2cccc(NS(=O)(=O)c3ccc(F)cc3C(F)(F)F)c2)n1. The second-order valence-electron chi connectivity index (χ2n) is 6.06. The Morgan fingerprint density at radius 1 is 1.07 bits per heavy atom. The molecule has 0 saturated carbocycles. The molecule has 152 valence electrons. The molecule has 2 N–H and O–H groups in total. The van der Waals surface area contributed by atoms with Crippen LogP contribution in [0.1, 0.15) is 11.3 Å². The van der Waals surface area contributed by atoms with Crippen LogP contribution in [-0.4, -0.2) is 18.4 Å². The van der Waals surface area contributed by atoms with E-state index in [4.69, 9.17) is 0 Å². The highest BCUT2D eigenvalue weighted by molar-refractivity contribution is 7.92. The van der Waals surface area contributed by atoms with E-state index in [1.54, 1.807) is 6.92 Å². The van der Waals surface area contributed by atoms with Gasteiger partial charge in [-0.15, -0.1) is 0 Å². The smallest absolute Gasteiger partial charge is 0.307 e. The van der Waals surface area contributed by atoms with Gasteiger partial charge in [0.2, 0.25) is 0 Å². The maximum atomic E-state index is 13.2. The van der Waals surface area contributed by atoms with Gasteiger partial charge >= 0.3 is 6.18 Å². The van der Waals surface area contributed by atoms with Crippen molar-refractivity contribution in [2.24, 2.45) is 0 Å². The van der Waals surface area contributed by atoms with E-state index in [0.717, 1.165) is 0 Å². The summed E-state index contributed by atoms with van der Waals surface area (Å²) < 4.78 is 79.8. The number of hydrogen-bond donors (Lipinski definition) is 2. The number of aromatic amines is 1. The van der Waals surface area contributed by atoms with Crippen molar-refractivity contribution in [3.8, 4) is 11.4 Å². The zero-order chi connectivity index (χ0) is 21.4. The molecule has 0 aliphatic rings. The molecule has 0 aliphatic carbocycles. The van der Waals surface area contributed by atoms with Crippen molar-refractivity contribution < 1.29 is 26.0 Å². The molecule has 0 spiro atoms. The van der Waals surface area contributed by atoms with Crippen molar-refractivity contribution in [3.63, 3.8) is 0 Å². The summed E-state index contributed by atoms with van der Waals surface area (Å²) in [5, 5.41) is 0. The highest BCUT2D eigenvalue weighted by Gasteiger charge is 2.37. The number of hydrogen-bond acceptors (Lipinski definition) is 4. The van der Waals surface area contributed by atoms with Gasteiger partial charge in [-0.3, -0.25) is 9.52 Å². The predicted molar refractivity (Wildman–Crippen MR) is 97.2 cm³/mol. The Morgan fingerprint density at radius 3 is 2.45 bits per heavy atom. The number of halogens is 4. The van der Waals surface area contributed by atoms with Crippen molar-refractivity contribution in [2.75, 3.05) is 4.72 Å². The van der Waals surface area contributed by atoms with Crippen LogP contribution in [-0.2, 0) is 16.2 Å². The molecule has 3 rings (SSSR count). The van der Waals surface area contributed by atoms with Crippen LogP contribution in [0.25, 0.3) is 11.4 Å². The number of H-pyrrole nitrogens is 1. The van der Waals surface area contributed by atoms with Gasteiger partial charge in [0.25, 0.3) is 15.6 Å². The highest BCUT2D eigenvalue weighted by Crippen LogP contribution is 2.35. The molecular weight excluding hydrogens is 414 g/mol. The van der Waals surface area contributed by atoms with E-state index in [-0.39, 0.29) is 17.6 Å². The predicted octanol–water partition coefficient (Wildman–Crippen LogP) is 3.70. The van der Waals surface area contributed by atoms with Crippen molar-refractivity contribution in [1.29, 1.82) is 0 Å². The molecule has 0 saturated heterocycles. The summed E-state index contributed by atoms with van der Waals surface area (Å²) in [7, 11) is -4.69. The van der Waals surface area contributed by atoms with E-state index < -0.39 is 38.0 Å². The number of benzene rings is 2. The van der Waals surface area contributed by atoms with Gasteiger partial charge in [-0.2, -0.15) is 13.2 Å². The summed E-state index contributed by atoms with van der Waals surface area (Å²) >= 11 is 0. The van der Waals surface area contributed by atoms with Crippen LogP contribution < -0.4 is 10.3 Å². The van der Waals surface area contributed by atoms with Crippen LogP contribution in [0.3, 0.4) is 0 Å². The van der Waals surface area contributed by atoms with E-state index in [1.165, 1.54) is 30.3 Å². The lowest BCUT2D eigenvalue weighted by Crippen LogP contribution is -2.19. The van der Waals surface area contributed by atoms with E-state index in [1.807, 2.05) is 4.72 Å². The van der Waals surface area contributed by atoms with Crippen molar-refractivity contribution in [1.82, 2.24) is 9.97 Å². The molecule has 11 heteroatoms. The van der Waals surface area contributed by atoms with Gasteiger partial charge in [0.1, 0.15) is 11.6 Å². The van der Waals surface area contributed by atoms with Crippen molar-refractivity contribution in [3.05, 3.63) is 76.0 Å². The second-order valence-corrected chi connectivity index (χ2v) is 7.71. The Bertz CT molecular complexity index is 1240. The van der Waals surface area contributed by atoms with Gasteiger partial charge in [-0.05, 0) is 37.3 Å². The fraction of sp³-hybridized carbons (Fsp3) is 0.111. The van der Waals surface area contributed by atoms with Crippen molar-refractivity contribution >= 4 is 15.7 Å². The summed E-state index contributed by atoms with van der Waals surface area (Å²) in [5.41, 5.74) is -1.34. The Morgan fingerprint density at radius 2 is 1.79 bits per heavy atom. The molecule has 6 nitrogen and oxygen atoms in total. The first-order chi connectivity index (χ1) is 13.5. The van der Waals surface area contributed by atoms with Gasteiger partial charge in [0, 0.05) is 23.0 Å². The number of nitrogens with zero attached hydrogens (tertiary/aromatic N) is 1. The average Bonchev–Trinajstić information content (AvgIpc) is 2.59. The van der Waals surface area contributed by atoms with E-state index in [9.17, 15) is 30.8 Å². The summed E-state index contributed by atoms with van der Waals surface area (Å²) in [6.07, 6.45) is -5.07. The number of rotatable bonds is 4. The molecule has 0 radical (unpaired) electrons. The fourth-order valence-corrected chi connectivity index (χ4v) is 3.87. The largest absolute Gasteiger partial charge is 0.417 e. The maximum absolute atomic E-state index is 13.2. The van der Waals surface area contributed by atoms with E-state index >= 15 is 0 Å². The minimum Gasteiger partial charge on any atom is -0.307 e. The van der Waals surface area contributed by atoms with Crippen LogP contribution in [0.2, 0.25) is 0 Å². The van der Waals surface area contributed by atoms with Crippen LogP contribution in [0, 0.1) is 12.7 Å². The summed E-state index contributed by atoms with van der Waals surface area (Å²) in [4.78, 5) is 17.1. The molecule has 1 aromatic heterocycles. The number of sulfonamides is 1. The lowest BCUT2D eigenvalue weighted by Gasteiger charge is -2.15. The third kappa shape index (κ3) is 4.62. The number of alkyl halides is 3. The van der Waals surface area contributed by atoms with Gasteiger partial charge < -0.3 is 4.98 Å². The minimum absolute atomic E-state index is 0.0656. The fourth-order valence-electron chi connectivity index (χ4n) is 2.61. The normalized spacial score (nSPS) is 12.0. The zero-order valence-electron chi connectivity index (χ0n) is 14.7. The number of nitrogens with one attached hydrogen (secondary N) is 2. The van der Waals surface area contributed by atoms with Crippen LogP contribution >= 0.6 is 0 Å². The topological polar surface area (TPSA) is 91.9 Å². The summed E-state index contributed by atoms with van der Waals surface area (Å²) in [6, 6.07) is 8.14. The van der Waals surface area contributed by atoms with Gasteiger partial charge in [-0.1, -0.05) is 12.1 Å². The van der Waals surface area contributed by atoms with Crippen LogP contribution in [0.4, 0.5) is 23.2 Å². The molecule has 29 heavy (non-hydrogen) atoms. The number of anilines is 1. The Balaban J connectivity index is 2.02. The second kappa shape index (κ2) is 7.32. The monoisotopic (exact) mass is 427 g/mol. The molecule has 1 heterocycles. The Kier molecular flexibility index (Phi) is 5.18. The van der Waals surface area contributed by atoms with E-state index in [0.29, 0.717) is 23.4 Å². The lowest BCUT2D eigenvalue weighted by molar-refractivity contribution is -0.140. The van der Waals surface area contributed by atoms with Crippen LogP contribution in [0.5, 0.6) is 0 Å². The van der Waals surface area contributed by atoms with E-state index in [2.05, 4.69) is 9.97 Å². The Labute approximate surface area is 162 Å². The van der Waals surface area contributed by atoms with Gasteiger partial charge in [-0.25, -0.2) is 17.8 Å². The number of aryl methyl sites for hydroxylation is 1. The van der Waals surface area contributed by atoms with Gasteiger partial charge in [0.15, 0.2) is 0 Å². The average molecular weight is 427 g/mol. The van der Waals surface area contributed by atoms with Crippen LogP contribution in [0.15, 0.2) is 58.2 Å². The molecule has 0 bridgehead atoms. The third-order valence-electron chi connectivity index (χ3n) is 3.79. The molecule has 3 aromatic rings. The minimum atomic E-state index is -5.07. The summed E-state index contributed by atoms with van der Waals surface area (Å²) in [6.45, 7) is 1.60. The molecule has 2 aromatic carbocycles. The van der Waals surface area contributed by atoms with Crippen molar-refractivity contribution in [2.45, 2.75) is 18.0 Å². The highest BCUT2D eigenvalue weighted by atomic mass is 32.2. The lowest BCUT2D eigenvalue weighted by atomic mass is 10.2. The molecular formula is C18H13F4N3O3S. The first kappa shape index (κ1) is 20.5. The maximum Gasteiger partial charge on any atom is 0.417 e. The quantitative estimate of drug-likeness (QED) is 0.621. The molecule has 0 aliphatic heterocycles. The molecule has 0 unspecified atom stereocenters. The standard InChI is InChI=1S/C18H13F4N3O3S/c1-10-7-16(26)24-17(23-10)11-3-2-4-13(8-11)25-29(27,28)15-6-5-12(19)9-14(15)18(20,21)22/h2-9,25H,1H3,(H,23,24,26). The zero-order valence-corrected chi connectivity index (χ0v) is 15.5. The first-order valence-electron chi connectivity index (χ1n) is 8.04. The molecule has 0 amide bonds. The molecule has 0 fully saturated rings. The molecule has 0 atom stereocenters. The number of aromatic nitrogens is 2. The first-order valence-corrected chi connectivity index (χ1v) is 9.52. The third-order valence-corrected chi connectivity index (χ3v) is 5.23. The van der Waals surface area contributed by atoms with Gasteiger partial charge in [0.05, 0.1) is 10.5 Å². The summed E-state index contributed by atoms with van der Waals surface area (Å²) in [5.74, 6) is -1.05.